The van der Waals surface area contributed by atoms with Gasteiger partial charge in [0.25, 0.3) is 0 Å². The molecule has 1 atom stereocenters. The van der Waals surface area contributed by atoms with Crippen LogP contribution < -0.4 is 10.1 Å². The van der Waals surface area contributed by atoms with Gasteiger partial charge in [0, 0.05) is 24.5 Å². The van der Waals surface area contributed by atoms with Crippen LogP contribution in [0.15, 0.2) is 35.8 Å². The first kappa shape index (κ1) is 18.2. The van der Waals surface area contributed by atoms with E-state index < -0.39 is 12.7 Å². The highest BCUT2D eigenvalue weighted by molar-refractivity contribution is 7.09. The van der Waals surface area contributed by atoms with Gasteiger partial charge in [0.1, 0.15) is 16.8 Å². The van der Waals surface area contributed by atoms with Crippen molar-refractivity contribution in [1.29, 1.82) is 0 Å². The molecule has 2 amide bonds. The van der Waals surface area contributed by atoms with E-state index in [1.165, 1.54) is 28.4 Å². The van der Waals surface area contributed by atoms with Crippen molar-refractivity contribution >= 4 is 23.2 Å². The zero-order valence-corrected chi connectivity index (χ0v) is 14.5. The van der Waals surface area contributed by atoms with Gasteiger partial charge in [0.05, 0.1) is 6.54 Å². The summed E-state index contributed by atoms with van der Waals surface area (Å²) < 4.78 is 28.7. The number of likely N-dealkylation sites (tertiary alicyclic amines) is 1. The molecule has 6 nitrogen and oxygen atoms in total. The molecule has 0 radical (unpaired) electrons. The van der Waals surface area contributed by atoms with Gasteiger partial charge in [0.2, 0.25) is 11.8 Å². The number of alkyl halides is 2. The van der Waals surface area contributed by atoms with Crippen LogP contribution in [0.25, 0.3) is 0 Å². The molecule has 1 fully saturated rings. The number of hydrogen-bond donors (Lipinski definition) is 1. The lowest BCUT2D eigenvalue weighted by Gasteiger charge is -2.24. The molecular formula is C17H17F2N3O3S. The van der Waals surface area contributed by atoms with E-state index in [4.69, 9.17) is 0 Å². The average Bonchev–Trinajstić information content (AvgIpc) is 3.25. The third-order valence-corrected chi connectivity index (χ3v) is 4.81. The Morgan fingerprint density at radius 3 is 2.81 bits per heavy atom. The molecule has 3 rings (SSSR count). The summed E-state index contributed by atoms with van der Waals surface area (Å²) in [6.07, 6.45) is 2.43. The van der Waals surface area contributed by atoms with Gasteiger partial charge in [-0.2, -0.15) is 8.78 Å². The third kappa shape index (κ3) is 4.54. The van der Waals surface area contributed by atoms with E-state index in [1.54, 1.807) is 18.3 Å². The molecule has 1 aliphatic heterocycles. The molecule has 0 spiro atoms. The first-order chi connectivity index (χ1) is 12.5. The Balaban J connectivity index is 1.61. The second-order valence-electron chi connectivity index (χ2n) is 5.74. The van der Waals surface area contributed by atoms with E-state index in [1.807, 2.05) is 5.38 Å². The highest BCUT2D eigenvalue weighted by Gasteiger charge is 2.35. The van der Waals surface area contributed by atoms with Gasteiger partial charge in [-0.15, -0.1) is 11.3 Å². The van der Waals surface area contributed by atoms with E-state index in [-0.39, 0.29) is 24.1 Å². The number of halogens is 2. The Hall–Kier alpha value is -2.55. The molecule has 26 heavy (non-hydrogen) atoms. The molecule has 0 bridgehead atoms. The fourth-order valence-corrected chi connectivity index (χ4v) is 3.35. The average molecular weight is 381 g/mol. The van der Waals surface area contributed by atoms with Crippen molar-refractivity contribution in [1.82, 2.24) is 15.2 Å². The van der Waals surface area contributed by atoms with E-state index in [0.717, 1.165) is 10.6 Å². The minimum atomic E-state index is -2.88. The fourth-order valence-electron chi connectivity index (χ4n) is 2.80. The molecule has 2 heterocycles. The summed E-state index contributed by atoms with van der Waals surface area (Å²) in [6, 6.07) is 5.50. The van der Waals surface area contributed by atoms with Gasteiger partial charge in [0.15, 0.2) is 0 Å². The second kappa shape index (κ2) is 8.22. The second-order valence-corrected chi connectivity index (χ2v) is 6.72. The molecule has 9 heteroatoms. The third-order valence-electron chi connectivity index (χ3n) is 4.03. The molecule has 0 aliphatic carbocycles. The van der Waals surface area contributed by atoms with Crippen molar-refractivity contribution in [2.45, 2.75) is 38.6 Å². The number of carbonyl (C=O) groups excluding carboxylic acids is 2. The number of amides is 2. The van der Waals surface area contributed by atoms with E-state index in [2.05, 4.69) is 15.0 Å². The number of rotatable bonds is 7. The van der Waals surface area contributed by atoms with Gasteiger partial charge < -0.3 is 15.0 Å². The van der Waals surface area contributed by atoms with Crippen LogP contribution >= 0.6 is 11.3 Å². The summed E-state index contributed by atoms with van der Waals surface area (Å²) in [6.45, 7) is -2.32. The first-order valence-electron chi connectivity index (χ1n) is 8.02. The van der Waals surface area contributed by atoms with Gasteiger partial charge in [-0.3, -0.25) is 9.59 Å². The van der Waals surface area contributed by atoms with Crippen molar-refractivity contribution in [3.8, 4) is 5.75 Å². The lowest BCUT2D eigenvalue weighted by Crippen LogP contribution is -2.44. The normalized spacial score (nSPS) is 17.0. The Morgan fingerprint density at radius 2 is 2.15 bits per heavy atom. The maximum atomic E-state index is 12.4. The molecular weight excluding hydrogens is 364 g/mol. The predicted octanol–water partition coefficient (Wildman–Crippen LogP) is 2.55. The van der Waals surface area contributed by atoms with Crippen LogP contribution in [-0.2, 0) is 22.7 Å². The number of aromatic nitrogens is 1. The van der Waals surface area contributed by atoms with Crippen LogP contribution in [0.3, 0.4) is 0 Å². The molecule has 1 aromatic carbocycles. The molecule has 0 saturated carbocycles. The molecule has 1 aliphatic rings. The number of hydrogen-bond acceptors (Lipinski definition) is 5. The van der Waals surface area contributed by atoms with Crippen molar-refractivity contribution in [3.05, 3.63) is 46.4 Å². The summed E-state index contributed by atoms with van der Waals surface area (Å²) >= 11 is 1.45. The Kier molecular flexibility index (Phi) is 5.77. The monoisotopic (exact) mass is 381 g/mol. The minimum Gasteiger partial charge on any atom is -0.435 e. The summed E-state index contributed by atoms with van der Waals surface area (Å²) in [5, 5.41) is 5.43. The minimum absolute atomic E-state index is 0.0502. The van der Waals surface area contributed by atoms with Crippen LogP contribution in [0, 0.1) is 0 Å². The Morgan fingerprint density at radius 1 is 1.38 bits per heavy atom. The zero-order chi connectivity index (χ0) is 18.5. The summed E-state index contributed by atoms with van der Waals surface area (Å²) in [7, 11) is 0. The summed E-state index contributed by atoms with van der Waals surface area (Å²) in [4.78, 5) is 30.2. The van der Waals surface area contributed by atoms with Crippen molar-refractivity contribution in [2.75, 3.05) is 0 Å². The Labute approximate surface area is 152 Å². The largest absolute Gasteiger partial charge is 0.435 e. The molecule has 1 unspecified atom stereocenters. The summed E-state index contributed by atoms with van der Waals surface area (Å²) in [5.74, 6) is -0.273. The van der Waals surface area contributed by atoms with E-state index in [9.17, 15) is 18.4 Å². The predicted molar refractivity (Wildman–Crippen MR) is 90.6 cm³/mol. The van der Waals surface area contributed by atoms with Crippen LogP contribution in [-0.4, -0.2) is 34.4 Å². The number of benzene rings is 1. The van der Waals surface area contributed by atoms with Gasteiger partial charge in [-0.05, 0) is 24.1 Å². The van der Waals surface area contributed by atoms with Crippen LogP contribution in [0.1, 0.15) is 23.4 Å². The molecule has 138 valence electrons. The molecule has 2 aromatic rings. The van der Waals surface area contributed by atoms with Crippen molar-refractivity contribution in [2.24, 2.45) is 0 Å². The fraction of sp³-hybridized carbons (Fsp3) is 0.353. The van der Waals surface area contributed by atoms with E-state index >= 15 is 0 Å². The number of carbonyl (C=O) groups is 2. The topological polar surface area (TPSA) is 71.5 Å². The molecule has 1 saturated heterocycles. The molecule has 1 N–H and O–H groups in total. The lowest BCUT2D eigenvalue weighted by atomic mass is 10.1. The van der Waals surface area contributed by atoms with Gasteiger partial charge in [-0.1, -0.05) is 12.1 Å². The van der Waals surface area contributed by atoms with Gasteiger partial charge >= 0.3 is 6.61 Å². The standard InChI is InChI=1S/C17H17F2N3O3S/c18-17(19)25-12-3-1-11(2-4-12)10-22-13(5-6-15(22)23)16(24)21-9-14-20-7-8-26-14/h1-4,7-8,13,17H,5-6,9-10H2,(H,21,24). The number of nitrogens with one attached hydrogen (secondary N) is 1. The quantitative estimate of drug-likeness (QED) is 0.800. The lowest BCUT2D eigenvalue weighted by molar-refractivity contribution is -0.135. The van der Waals surface area contributed by atoms with Crippen molar-refractivity contribution < 1.29 is 23.1 Å². The van der Waals surface area contributed by atoms with Gasteiger partial charge in [-0.25, -0.2) is 4.98 Å². The van der Waals surface area contributed by atoms with Crippen LogP contribution in [0.5, 0.6) is 5.75 Å². The highest BCUT2D eigenvalue weighted by Crippen LogP contribution is 2.23. The SMILES string of the molecule is O=C(NCc1nccs1)C1CCC(=O)N1Cc1ccc(OC(F)F)cc1. The van der Waals surface area contributed by atoms with Crippen molar-refractivity contribution in [3.63, 3.8) is 0 Å². The number of thiazole rings is 1. The zero-order valence-electron chi connectivity index (χ0n) is 13.7. The maximum Gasteiger partial charge on any atom is 0.387 e. The smallest absolute Gasteiger partial charge is 0.387 e. The Bertz CT molecular complexity index is 753. The maximum absolute atomic E-state index is 12.4. The van der Waals surface area contributed by atoms with Crippen LogP contribution in [0.4, 0.5) is 8.78 Å². The summed E-state index contributed by atoms with van der Waals surface area (Å²) in [5.41, 5.74) is 0.736. The number of ether oxygens (including phenoxy) is 1. The first-order valence-corrected chi connectivity index (χ1v) is 8.90. The highest BCUT2D eigenvalue weighted by atomic mass is 32.1. The molecule has 1 aromatic heterocycles. The van der Waals surface area contributed by atoms with Crippen LogP contribution in [0.2, 0.25) is 0 Å². The van der Waals surface area contributed by atoms with E-state index in [0.29, 0.717) is 19.4 Å². The number of nitrogens with zero attached hydrogens (tertiary/aromatic N) is 2.